The summed E-state index contributed by atoms with van der Waals surface area (Å²) in [7, 11) is -2.09. The van der Waals surface area contributed by atoms with Crippen LogP contribution in [0.5, 0.6) is 5.75 Å². The normalized spacial score (nSPS) is 21.7. The highest BCUT2D eigenvalue weighted by atomic mass is 35.5. The van der Waals surface area contributed by atoms with Gasteiger partial charge in [0.15, 0.2) is 5.75 Å². The van der Waals surface area contributed by atoms with Gasteiger partial charge in [0.05, 0.1) is 26.7 Å². The van der Waals surface area contributed by atoms with Crippen molar-refractivity contribution in [1.29, 1.82) is 0 Å². The largest absolute Gasteiger partial charge is 0.423 e. The van der Waals surface area contributed by atoms with Gasteiger partial charge in [0.2, 0.25) is 0 Å². The van der Waals surface area contributed by atoms with Gasteiger partial charge in [0, 0.05) is 30.7 Å². The lowest BCUT2D eigenvalue weighted by Gasteiger charge is -2.49. The Bertz CT molecular complexity index is 1330. The molecule has 0 fully saturated rings. The Morgan fingerprint density at radius 2 is 1.76 bits per heavy atom. The summed E-state index contributed by atoms with van der Waals surface area (Å²) in [4.78, 5) is 10.6. The number of nitrogens with zero attached hydrogens (tertiary/aromatic N) is 3. The molecule has 0 N–H and O–H groups in total. The van der Waals surface area contributed by atoms with Crippen LogP contribution in [-0.2, 0) is 11.0 Å². The molecule has 0 bridgehead atoms. The van der Waals surface area contributed by atoms with Crippen LogP contribution in [0.25, 0.3) is 0 Å². The molecular formula is C22H17Cl3N3O4P. The fourth-order valence-corrected chi connectivity index (χ4v) is 7.67. The molecule has 0 spiro atoms. The highest BCUT2D eigenvalue weighted by Gasteiger charge is 2.51. The third-order valence-electron chi connectivity index (χ3n) is 6.00. The molecule has 7 nitrogen and oxygen atoms in total. The van der Waals surface area contributed by atoms with E-state index < -0.39 is 12.6 Å². The Morgan fingerprint density at radius 3 is 2.45 bits per heavy atom. The van der Waals surface area contributed by atoms with Gasteiger partial charge in [-0.25, -0.2) is 4.57 Å². The second kappa shape index (κ2) is 8.19. The van der Waals surface area contributed by atoms with Crippen LogP contribution in [0.15, 0.2) is 54.6 Å². The molecule has 2 atom stereocenters. The summed E-state index contributed by atoms with van der Waals surface area (Å²) in [6.45, 7) is 0.456. The van der Waals surface area contributed by atoms with E-state index in [0.29, 0.717) is 23.7 Å². The maximum Gasteiger partial charge on any atom is 0.423 e. The van der Waals surface area contributed by atoms with Gasteiger partial charge < -0.3 is 4.52 Å². The number of hydrogen-bond donors (Lipinski definition) is 0. The van der Waals surface area contributed by atoms with Crippen molar-refractivity contribution in [3.63, 3.8) is 0 Å². The minimum atomic E-state index is -3.77. The van der Waals surface area contributed by atoms with Gasteiger partial charge >= 0.3 is 7.67 Å². The molecule has 3 aromatic carbocycles. The number of fused-ring (bicyclic) bond motifs is 5. The fourth-order valence-electron chi connectivity index (χ4n) is 4.47. The van der Waals surface area contributed by atoms with Crippen molar-refractivity contribution >= 4 is 53.8 Å². The number of non-ortho nitro benzene ring substituents is 1. The van der Waals surface area contributed by atoms with Gasteiger partial charge in [-0.15, -0.1) is 0 Å². The summed E-state index contributed by atoms with van der Waals surface area (Å²) < 4.78 is 24.1. The lowest BCUT2D eigenvalue weighted by molar-refractivity contribution is -0.384. The van der Waals surface area contributed by atoms with Gasteiger partial charge in [-0.2, -0.15) is 4.67 Å². The van der Waals surface area contributed by atoms with E-state index in [4.69, 9.17) is 39.3 Å². The van der Waals surface area contributed by atoms with Crippen molar-refractivity contribution in [2.75, 3.05) is 18.3 Å². The number of anilines is 1. The summed E-state index contributed by atoms with van der Waals surface area (Å²) in [5.74, 6) is -0.0610. The van der Waals surface area contributed by atoms with Crippen molar-refractivity contribution in [1.82, 2.24) is 4.67 Å². The number of nitro groups is 1. The standard InChI is InChI=1S/C22H17Cl3N3O4P/c1-26-20-7-6-14(23)10-17(20)21-16-5-3-2-4-13(16)8-9-27(21)33(26,31)32-22-18(24)11-15(28(29)30)12-19(22)25/h2-7,10-12,21H,8-9H2,1H3. The van der Waals surface area contributed by atoms with E-state index in [9.17, 15) is 14.7 Å². The van der Waals surface area contributed by atoms with E-state index >= 15 is 0 Å². The molecular weight excluding hydrogens is 508 g/mol. The van der Waals surface area contributed by atoms with Crippen LogP contribution in [0, 0.1) is 10.1 Å². The third kappa shape index (κ3) is 3.59. The first-order chi connectivity index (χ1) is 15.7. The Hall–Kier alpha value is -2.28. The van der Waals surface area contributed by atoms with Crippen LogP contribution in [0.4, 0.5) is 11.4 Å². The number of nitro benzene ring substituents is 1. The third-order valence-corrected chi connectivity index (χ3v) is 9.27. The summed E-state index contributed by atoms with van der Waals surface area (Å²) in [5, 5.41) is 11.6. The Morgan fingerprint density at radius 1 is 1.06 bits per heavy atom. The number of benzene rings is 3. The molecule has 3 aromatic rings. The minimum Gasteiger partial charge on any atom is -0.415 e. The molecule has 2 aliphatic heterocycles. The summed E-state index contributed by atoms with van der Waals surface area (Å²) in [6.07, 6.45) is 0.672. The van der Waals surface area contributed by atoms with Crippen LogP contribution in [0.2, 0.25) is 15.1 Å². The Labute approximate surface area is 205 Å². The second-order valence-electron chi connectivity index (χ2n) is 7.82. The van der Waals surface area contributed by atoms with Crippen LogP contribution >= 0.6 is 42.5 Å². The van der Waals surface area contributed by atoms with E-state index in [1.807, 2.05) is 28.9 Å². The lowest BCUT2D eigenvalue weighted by Crippen LogP contribution is -2.43. The molecule has 0 amide bonds. The maximum absolute atomic E-state index is 14.6. The number of halogens is 3. The summed E-state index contributed by atoms with van der Waals surface area (Å²) >= 11 is 18.9. The van der Waals surface area contributed by atoms with Gasteiger partial charge in [-0.05, 0) is 41.3 Å². The molecule has 0 aliphatic carbocycles. The second-order valence-corrected chi connectivity index (χ2v) is 11.3. The quantitative estimate of drug-likeness (QED) is 0.206. The van der Waals surface area contributed by atoms with E-state index in [1.54, 1.807) is 23.9 Å². The molecule has 0 radical (unpaired) electrons. The number of hydrogen-bond acceptors (Lipinski definition) is 4. The summed E-state index contributed by atoms with van der Waals surface area (Å²) in [6, 6.07) is 15.3. The predicted octanol–water partition coefficient (Wildman–Crippen LogP) is 7.14. The van der Waals surface area contributed by atoms with Crippen molar-refractivity contribution in [2.24, 2.45) is 0 Å². The molecule has 2 heterocycles. The highest BCUT2D eigenvalue weighted by Crippen LogP contribution is 2.66. The molecule has 2 unspecified atom stereocenters. The predicted molar refractivity (Wildman–Crippen MR) is 130 cm³/mol. The molecule has 0 aromatic heterocycles. The zero-order valence-corrected chi connectivity index (χ0v) is 20.4. The van der Waals surface area contributed by atoms with E-state index in [0.717, 1.165) is 28.8 Å². The van der Waals surface area contributed by atoms with Crippen LogP contribution in [-0.4, -0.2) is 23.2 Å². The van der Waals surface area contributed by atoms with Gasteiger partial charge in [-0.1, -0.05) is 59.1 Å². The average Bonchev–Trinajstić information content (AvgIpc) is 2.79. The van der Waals surface area contributed by atoms with E-state index in [2.05, 4.69) is 6.07 Å². The minimum absolute atomic E-state index is 0.0610. The maximum atomic E-state index is 14.6. The first-order valence-corrected chi connectivity index (χ1v) is 12.7. The van der Waals surface area contributed by atoms with Crippen LogP contribution in [0.3, 0.4) is 0 Å². The van der Waals surface area contributed by atoms with Crippen LogP contribution < -0.4 is 9.19 Å². The highest BCUT2D eigenvalue weighted by molar-refractivity contribution is 7.58. The molecule has 2 aliphatic rings. The Kier molecular flexibility index (Phi) is 5.58. The van der Waals surface area contributed by atoms with Gasteiger partial charge in [0.25, 0.3) is 5.69 Å². The molecule has 170 valence electrons. The van der Waals surface area contributed by atoms with E-state index in [1.165, 1.54) is 0 Å². The number of rotatable bonds is 3. The van der Waals surface area contributed by atoms with Gasteiger partial charge in [0.1, 0.15) is 0 Å². The van der Waals surface area contributed by atoms with Crippen molar-refractivity contribution in [3.8, 4) is 5.75 Å². The molecule has 0 saturated heterocycles. The van der Waals surface area contributed by atoms with Gasteiger partial charge in [-0.3, -0.25) is 14.8 Å². The van der Waals surface area contributed by atoms with Crippen molar-refractivity contribution in [3.05, 3.63) is 96.5 Å². The molecule has 5 rings (SSSR count). The first kappa shape index (κ1) is 22.5. The van der Waals surface area contributed by atoms with Crippen molar-refractivity contribution in [2.45, 2.75) is 12.5 Å². The lowest BCUT2D eigenvalue weighted by atomic mass is 9.89. The van der Waals surface area contributed by atoms with Crippen LogP contribution in [0.1, 0.15) is 22.7 Å². The smallest absolute Gasteiger partial charge is 0.415 e. The fraction of sp³-hybridized carbons (Fsp3) is 0.182. The topological polar surface area (TPSA) is 75.9 Å². The molecule has 33 heavy (non-hydrogen) atoms. The monoisotopic (exact) mass is 523 g/mol. The SMILES string of the molecule is CN1c2ccc(Cl)cc2C2c3ccccc3CCN2P1(=O)Oc1c(Cl)cc([N+](=O)[O-])cc1Cl. The average molecular weight is 525 g/mol. The molecule has 11 heteroatoms. The first-order valence-electron chi connectivity index (χ1n) is 10.0. The zero-order valence-electron chi connectivity index (χ0n) is 17.2. The summed E-state index contributed by atoms with van der Waals surface area (Å²) in [5.41, 5.74) is 3.51. The Balaban J connectivity index is 1.68. The van der Waals surface area contributed by atoms with E-state index in [-0.39, 0.29) is 27.5 Å². The van der Waals surface area contributed by atoms with Crippen molar-refractivity contribution < 1.29 is 14.0 Å². The zero-order chi connectivity index (χ0) is 23.5. The molecule has 0 saturated carbocycles.